The van der Waals surface area contributed by atoms with Gasteiger partial charge in [-0.25, -0.2) is 4.98 Å². The van der Waals surface area contributed by atoms with E-state index in [4.69, 9.17) is 16.1 Å². The first-order valence-corrected chi connectivity index (χ1v) is 8.33. The van der Waals surface area contributed by atoms with Gasteiger partial charge in [0, 0.05) is 11.9 Å². The predicted octanol–water partition coefficient (Wildman–Crippen LogP) is 5.08. The number of nitrogens with one attached hydrogen (secondary N) is 1. The number of hydrogen-bond acceptors (Lipinski definition) is 4. The quantitative estimate of drug-likeness (QED) is 0.650. The Bertz CT molecular complexity index is 946. The molecule has 134 valence electrons. The van der Waals surface area contributed by atoms with Crippen molar-refractivity contribution in [1.29, 1.82) is 0 Å². The molecule has 3 aromatic rings. The number of benzene rings is 1. The molecule has 3 rings (SSSR count). The SMILES string of the molecule is CC(C)(C)c1ccc(NC(=O)c2noc(-c3cccnc3Cl)c2F)cc1. The van der Waals surface area contributed by atoms with Gasteiger partial charge in [-0.05, 0) is 35.2 Å². The third-order valence-corrected chi connectivity index (χ3v) is 4.16. The molecule has 0 spiro atoms. The van der Waals surface area contributed by atoms with E-state index in [-0.39, 0.29) is 21.9 Å². The lowest BCUT2D eigenvalue weighted by atomic mass is 9.87. The Kier molecular flexibility index (Phi) is 4.78. The fraction of sp³-hybridized carbons (Fsp3) is 0.211. The summed E-state index contributed by atoms with van der Waals surface area (Å²) in [5, 5.41) is 6.21. The summed E-state index contributed by atoms with van der Waals surface area (Å²) in [6.07, 6.45) is 1.47. The van der Waals surface area contributed by atoms with Gasteiger partial charge in [0.25, 0.3) is 5.91 Å². The number of carbonyl (C=O) groups is 1. The van der Waals surface area contributed by atoms with Crippen molar-refractivity contribution in [2.75, 3.05) is 5.32 Å². The van der Waals surface area contributed by atoms with Crippen molar-refractivity contribution in [2.45, 2.75) is 26.2 Å². The summed E-state index contributed by atoms with van der Waals surface area (Å²) in [7, 11) is 0. The van der Waals surface area contributed by atoms with Crippen molar-refractivity contribution >= 4 is 23.2 Å². The highest BCUT2D eigenvalue weighted by Gasteiger charge is 2.25. The Morgan fingerprint density at radius 1 is 1.19 bits per heavy atom. The molecule has 0 fully saturated rings. The summed E-state index contributed by atoms with van der Waals surface area (Å²) in [6.45, 7) is 6.28. The third kappa shape index (κ3) is 3.60. The van der Waals surface area contributed by atoms with Crippen LogP contribution in [0.2, 0.25) is 5.15 Å². The fourth-order valence-corrected chi connectivity index (χ4v) is 2.59. The predicted molar refractivity (Wildman–Crippen MR) is 97.8 cm³/mol. The van der Waals surface area contributed by atoms with E-state index in [1.165, 1.54) is 12.3 Å². The summed E-state index contributed by atoms with van der Waals surface area (Å²) in [5.74, 6) is -1.82. The summed E-state index contributed by atoms with van der Waals surface area (Å²) in [6, 6.07) is 10.5. The number of amides is 1. The first kappa shape index (κ1) is 18.1. The normalized spacial score (nSPS) is 11.4. The van der Waals surface area contributed by atoms with Gasteiger partial charge in [-0.15, -0.1) is 0 Å². The molecule has 1 aromatic carbocycles. The maximum Gasteiger partial charge on any atom is 0.280 e. The van der Waals surface area contributed by atoms with Gasteiger partial charge in [-0.1, -0.05) is 49.7 Å². The number of hydrogen-bond donors (Lipinski definition) is 1. The van der Waals surface area contributed by atoms with E-state index < -0.39 is 17.4 Å². The monoisotopic (exact) mass is 373 g/mol. The largest absolute Gasteiger partial charge is 0.352 e. The number of halogens is 2. The van der Waals surface area contributed by atoms with Gasteiger partial charge in [0.05, 0.1) is 5.56 Å². The van der Waals surface area contributed by atoms with Gasteiger partial charge < -0.3 is 9.84 Å². The zero-order valence-corrected chi connectivity index (χ0v) is 15.3. The molecule has 0 unspecified atom stereocenters. The van der Waals surface area contributed by atoms with Gasteiger partial charge in [0.1, 0.15) is 5.15 Å². The van der Waals surface area contributed by atoms with Crippen LogP contribution in [0.5, 0.6) is 0 Å². The van der Waals surface area contributed by atoms with Crippen molar-refractivity contribution in [1.82, 2.24) is 10.1 Å². The van der Waals surface area contributed by atoms with Crippen molar-refractivity contribution in [3.05, 3.63) is 64.8 Å². The molecule has 1 N–H and O–H groups in total. The number of aromatic nitrogens is 2. The standard InChI is InChI=1S/C19H17ClFN3O2/c1-19(2,3)11-6-8-12(9-7-11)23-18(25)15-14(21)16(26-24-15)13-5-4-10-22-17(13)20/h4-10H,1-3H3,(H,23,25). The fourth-order valence-electron chi connectivity index (χ4n) is 2.39. The van der Waals surface area contributed by atoms with E-state index in [0.717, 1.165) is 5.56 Å². The maximum absolute atomic E-state index is 14.6. The smallest absolute Gasteiger partial charge is 0.280 e. The Morgan fingerprint density at radius 3 is 2.50 bits per heavy atom. The molecular formula is C19H17ClFN3O2. The van der Waals surface area contributed by atoms with Crippen LogP contribution in [-0.4, -0.2) is 16.0 Å². The summed E-state index contributed by atoms with van der Waals surface area (Å²) < 4.78 is 19.5. The van der Waals surface area contributed by atoms with Crippen molar-refractivity contribution in [3.8, 4) is 11.3 Å². The van der Waals surface area contributed by atoms with Crippen LogP contribution in [0.1, 0.15) is 36.8 Å². The number of anilines is 1. The Hall–Kier alpha value is -2.73. The molecule has 2 heterocycles. The first-order chi connectivity index (χ1) is 12.3. The molecule has 5 nitrogen and oxygen atoms in total. The Balaban J connectivity index is 1.82. The third-order valence-electron chi connectivity index (χ3n) is 3.86. The van der Waals surface area contributed by atoms with Crippen LogP contribution in [0.15, 0.2) is 47.1 Å². The van der Waals surface area contributed by atoms with Gasteiger partial charge in [0.2, 0.25) is 17.3 Å². The first-order valence-electron chi connectivity index (χ1n) is 7.95. The van der Waals surface area contributed by atoms with Gasteiger partial charge >= 0.3 is 0 Å². The number of carbonyl (C=O) groups excluding carboxylic acids is 1. The second kappa shape index (κ2) is 6.88. The average molecular weight is 374 g/mol. The van der Waals surface area contributed by atoms with Crippen LogP contribution < -0.4 is 5.32 Å². The van der Waals surface area contributed by atoms with Gasteiger partial charge in [0.15, 0.2) is 0 Å². The zero-order chi connectivity index (χ0) is 18.9. The molecule has 0 aliphatic heterocycles. The van der Waals surface area contributed by atoms with Gasteiger partial charge in [-0.3, -0.25) is 4.79 Å². The van der Waals surface area contributed by atoms with Crippen molar-refractivity contribution in [2.24, 2.45) is 0 Å². The zero-order valence-electron chi connectivity index (χ0n) is 14.5. The van der Waals surface area contributed by atoms with E-state index in [0.29, 0.717) is 5.69 Å². The van der Waals surface area contributed by atoms with Crippen molar-refractivity contribution in [3.63, 3.8) is 0 Å². The maximum atomic E-state index is 14.6. The topological polar surface area (TPSA) is 68.0 Å². The molecule has 7 heteroatoms. The summed E-state index contributed by atoms with van der Waals surface area (Å²) in [4.78, 5) is 16.2. The minimum absolute atomic E-state index is 0.00134. The van der Waals surface area contributed by atoms with Crippen LogP contribution in [0.25, 0.3) is 11.3 Å². The highest BCUT2D eigenvalue weighted by atomic mass is 35.5. The van der Waals surface area contributed by atoms with Crippen LogP contribution in [-0.2, 0) is 5.41 Å². The summed E-state index contributed by atoms with van der Waals surface area (Å²) >= 11 is 5.93. The van der Waals surface area contributed by atoms with E-state index >= 15 is 0 Å². The highest BCUT2D eigenvalue weighted by Crippen LogP contribution is 2.30. The highest BCUT2D eigenvalue weighted by molar-refractivity contribution is 6.32. The molecule has 0 saturated heterocycles. The second-order valence-corrected chi connectivity index (χ2v) is 7.16. The molecule has 1 amide bonds. The van der Waals surface area contributed by atoms with Gasteiger partial charge in [-0.2, -0.15) is 4.39 Å². The van der Waals surface area contributed by atoms with E-state index in [1.54, 1.807) is 18.2 Å². The van der Waals surface area contributed by atoms with Crippen molar-refractivity contribution < 1.29 is 13.7 Å². The van der Waals surface area contributed by atoms with Crippen LogP contribution in [0.4, 0.5) is 10.1 Å². The summed E-state index contributed by atoms with van der Waals surface area (Å²) in [5.41, 5.74) is 1.44. The average Bonchev–Trinajstić information content (AvgIpc) is 2.96. The Labute approximate surface area is 155 Å². The molecule has 0 aliphatic rings. The van der Waals surface area contributed by atoms with E-state index in [2.05, 4.69) is 36.2 Å². The molecule has 0 aliphatic carbocycles. The Morgan fingerprint density at radius 2 is 1.88 bits per heavy atom. The molecule has 0 atom stereocenters. The molecule has 26 heavy (non-hydrogen) atoms. The number of nitrogens with zero attached hydrogens (tertiary/aromatic N) is 2. The van der Waals surface area contributed by atoms with E-state index in [1.807, 2.05) is 12.1 Å². The second-order valence-electron chi connectivity index (χ2n) is 6.80. The molecule has 0 bridgehead atoms. The number of rotatable bonds is 3. The molecular weight excluding hydrogens is 357 g/mol. The molecule has 2 aromatic heterocycles. The van der Waals surface area contributed by atoms with Crippen LogP contribution >= 0.6 is 11.6 Å². The minimum Gasteiger partial charge on any atom is -0.352 e. The lowest BCUT2D eigenvalue weighted by Crippen LogP contribution is -2.15. The lowest BCUT2D eigenvalue weighted by Gasteiger charge is -2.19. The molecule has 0 saturated carbocycles. The number of pyridine rings is 1. The van der Waals surface area contributed by atoms with Crippen LogP contribution in [0.3, 0.4) is 0 Å². The minimum atomic E-state index is -0.885. The van der Waals surface area contributed by atoms with E-state index in [9.17, 15) is 9.18 Å². The molecule has 0 radical (unpaired) electrons. The lowest BCUT2D eigenvalue weighted by molar-refractivity contribution is 0.101. The van der Waals surface area contributed by atoms with Crippen LogP contribution in [0, 0.1) is 5.82 Å².